The van der Waals surface area contributed by atoms with E-state index in [4.69, 9.17) is 5.26 Å². The van der Waals surface area contributed by atoms with Crippen molar-refractivity contribution in [1.29, 1.82) is 5.26 Å². The molecule has 0 N–H and O–H groups in total. The zero-order valence-electron chi connectivity index (χ0n) is 9.01. The number of aryl methyl sites for hydroxylation is 1. The Morgan fingerprint density at radius 3 is 2.81 bits per heavy atom. The maximum Gasteiger partial charge on any atom is 0.115 e. The molecule has 0 saturated heterocycles. The van der Waals surface area contributed by atoms with E-state index in [0.717, 1.165) is 17.0 Å². The van der Waals surface area contributed by atoms with E-state index in [9.17, 15) is 0 Å². The SMILES string of the molecule is Cc1cc(Cc2ccccc2C#N)ncn1. The lowest BCUT2D eigenvalue weighted by molar-refractivity contribution is 0.996. The van der Waals surface area contributed by atoms with Crippen molar-refractivity contribution in [2.75, 3.05) is 0 Å². The molecule has 0 aliphatic heterocycles. The predicted octanol–water partition coefficient (Wildman–Crippen LogP) is 2.25. The van der Waals surface area contributed by atoms with Crippen LogP contribution in [0.25, 0.3) is 0 Å². The number of nitriles is 1. The molecule has 0 spiro atoms. The third kappa shape index (κ3) is 2.23. The first-order valence-electron chi connectivity index (χ1n) is 5.05. The van der Waals surface area contributed by atoms with Crippen LogP contribution in [0.2, 0.25) is 0 Å². The lowest BCUT2D eigenvalue weighted by Gasteiger charge is -2.03. The van der Waals surface area contributed by atoms with Crippen molar-refractivity contribution in [2.45, 2.75) is 13.3 Å². The topological polar surface area (TPSA) is 49.6 Å². The van der Waals surface area contributed by atoms with Crippen LogP contribution in [0.15, 0.2) is 36.7 Å². The summed E-state index contributed by atoms with van der Waals surface area (Å²) < 4.78 is 0. The van der Waals surface area contributed by atoms with Crippen LogP contribution >= 0.6 is 0 Å². The summed E-state index contributed by atoms with van der Waals surface area (Å²) >= 11 is 0. The van der Waals surface area contributed by atoms with Gasteiger partial charge in [0.1, 0.15) is 6.33 Å². The summed E-state index contributed by atoms with van der Waals surface area (Å²) in [6.07, 6.45) is 2.23. The van der Waals surface area contributed by atoms with Gasteiger partial charge < -0.3 is 0 Å². The molecule has 16 heavy (non-hydrogen) atoms. The Kier molecular flexibility index (Phi) is 2.93. The summed E-state index contributed by atoms with van der Waals surface area (Å²) in [5, 5.41) is 8.97. The van der Waals surface area contributed by atoms with Gasteiger partial charge in [-0.25, -0.2) is 9.97 Å². The van der Waals surface area contributed by atoms with Gasteiger partial charge in [-0.3, -0.25) is 0 Å². The zero-order chi connectivity index (χ0) is 11.4. The largest absolute Gasteiger partial charge is 0.242 e. The highest BCUT2D eigenvalue weighted by molar-refractivity contribution is 5.39. The van der Waals surface area contributed by atoms with E-state index in [1.165, 1.54) is 0 Å². The summed E-state index contributed by atoms with van der Waals surface area (Å²) in [4.78, 5) is 8.24. The van der Waals surface area contributed by atoms with Crippen LogP contribution in [0, 0.1) is 18.3 Å². The van der Waals surface area contributed by atoms with Crippen molar-refractivity contribution in [3.63, 3.8) is 0 Å². The number of hydrogen-bond acceptors (Lipinski definition) is 3. The van der Waals surface area contributed by atoms with Crippen LogP contribution in [0.5, 0.6) is 0 Å². The van der Waals surface area contributed by atoms with Gasteiger partial charge in [0.25, 0.3) is 0 Å². The van der Waals surface area contributed by atoms with E-state index >= 15 is 0 Å². The first-order valence-corrected chi connectivity index (χ1v) is 5.05. The normalized spacial score (nSPS) is 9.75. The summed E-state index contributed by atoms with van der Waals surface area (Å²) in [6, 6.07) is 11.7. The number of rotatable bonds is 2. The Balaban J connectivity index is 2.31. The van der Waals surface area contributed by atoms with Crippen LogP contribution in [0.4, 0.5) is 0 Å². The highest BCUT2D eigenvalue weighted by Gasteiger charge is 2.03. The fourth-order valence-electron chi connectivity index (χ4n) is 1.59. The van der Waals surface area contributed by atoms with Gasteiger partial charge in [-0.2, -0.15) is 5.26 Å². The van der Waals surface area contributed by atoms with Gasteiger partial charge in [-0.15, -0.1) is 0 Å². The number of aromatic nitrogens is 2. The van der Waals surface area contributed by atoms with Gasteiger partial charge in [0.2, 0.25) is 0 Å². The van der Waals surface area contributed by atoms with E-state index < -0.39 is 0 Å². The van der Waals surface area contributed by atoms with Gasteiger partial charge in [0, 0.05) is 17.8 Å². The molecule has 2 rings (SSSR count). The maximum absolute atomic E-state index is 8.97. The third-order valence-electron chi connectivity index (χ3n) is 2.37. The van der Waals surface area contributed by atoms with Crippen LogP contribution < -0.4 is 0 Å². The van der Waals surface area contributed by atoms with E-state index in [0.29, 0.717) is 12.0 Å². The lowest BCUT2D eigenvalue weighted by Crippen LogP contribution is -1.96. The molecule has 0 aliphatic carbocycles. The Morgan fingerprint density at radius 2 is 2.06 bits per heavy atom. The van der Waals surface area contributed by atoms with Crippen molar-refractivity contribution in [3.05, 3.63) is 59.2 Å². The Morgan fingerprint density at radius 1 is 1.25 bits per heavy atom. The summed E-state index contributed by atoms with van der Waals surface area (Å²) in [5.74, 6) is 0. The molecular formula is C13H11N3. The molecule has 0 amide bonds. The van der Waals surface area contributed by atoms with E-state index in [1.807, 2.05) is 37.3 Å². The monoisotopic (exact) mass is 209 g/mol. The molecule has 2 aromatic rings. The molecule has 0 radical (unpaired) electrons. The molecule has 3 heteroatoms. The second kappa shape index (κ2) is 4.54. The molecule has 1 heterocycles. The van der Waals surface area contributed by atoms with Crippen molar-refractivity contribution in [1.82, 2.24) is 9.97 Å². The molecule has 78 valence electrons. The van der Waals surface area contributed by atoms with Gasteiger partial charge in [0.15, 0.2) is 0 Å². The molecule has 0 bridgehead atoms. The van der Waals surface area contributed by atoms with Gasteiger partial charge in [-0.05, 0) is 24.6 Å². The van der Waals surface area contributed by atoms with Crippen molar-refractivity contribution < 1.29 is 0 Å². The van der Waals surface area contributed by atoms with E-state index in [1.54, 1.807) is 6.33 Å². The summed E-state index contributed by atoms with van der Waals surface area (Å²) in [5.41, 5.74) is 3.59. The highest BCUT2D eigenvalue weighted by Crippen LogP contribution is 2.12. The second-order valence-electron chi connectivity index (χ2n) is 3.60. The van der Waals surface area contributed by atoms with Gasteiger partial charge >= 0.3 is 0 Å². The minimum Gasteiger partial charge on any atom is -0.242 e. The molecule has 3 nitrogen and oxygen atoms in total. The van der Waals surface area contributed by atoms with Crippen molar-refractivity contribution in [2.24, 2.45) is 0 Å². The fourth-order valence-corrected chi connectivity index (χ4v) is 1.59. The van der Waals surface area contributed by atoms with E-state index in [2.05, 4.69) is 16.0 Å². The van der Waals surface area contributed by atoms with Crippen LogP contribution in [-0.2, 0) is 6.42 Å². The third-order valence-corrected chi connectivity index (χ3v) is 2.37. The number of nitrogens with zero attached hydrogens (tertiary/aromatic N) is 3. The lowest BCUT2D eigenvalue weighted by atomic mass is 10.0. The standard InChI is InChI=1S/C13H11N3/c1-10-6-13(16-9-15-10)7-11-4-2-3-5-12(11)8-14/h2-6,9H,7H2,1H3. The molecule has 0 unspecified atom stereocenters. The average Bonchev–Trinajstić information content (AvgIpc) is 2.30. The molecule has 0 saturated carbocycles. The molecule has 0 atom stereocenters. The zero-order valence-corrected chi connectivity index (χ0v) is 9.01. The molecule has 0 aliphatic rings. The van der Waals surface area contributed by atoms with Gasteiger partial charge in [0.05, 0.1) is 11.6 Å². The Bertz CT molecular complexity index is 541. The highest BCUT2D eigenvalue weighted by atomic mass is 14.8. The summed E-state index contributed by atoms with van der Waals surface area (Å²) in [7, 11) is 0. The first-order chi connectivity index (χ1) is 7.79. The minimum atomic E-state index is 0.674. The Labute approximate surface area is 94.4 Å². The number of benzene rings is 1. The van der Waals surface area contributed by atoms with Crippen molar-refractivity contribution in [3.8, 4) is 6.07 Å². The first kappa shape index (κ1) is 10.3. The molecule has 1 aromatic heterocycles. The van der Waals surface area contributed by atoms with Crippen LogP contribution in [0.1, 0.15) is 22.5 Å². The molecular weight excluding hydrogens is 198 g/mol. The quantitative estimate of drug-likeness (QED) is 0.762. The average molecular weight is 209 g/mol. The fraction of sp³-hybridized carbons (Fsp3) is 0.154. The Hall–Kier alpha value is -2.21. The molecule has 1 aromatic carbocycles. The van der Waals surface area contributed by atoms with E-state index in [-0.39, 0.29) is 0 Å². The maximum atomic E-state index is 8.97. The number of hydrogen-bond donors (Lipinski definition) is 0. The van der Waals surface area contributed by atoms with Crippen LogP contribution in [0.3, 0.4) is 0 Å². The van der Waals surface area contributed by atoms with Crippen LogP contribution in [-0.4, -0.2) is 9.97 Å². The summed E-state index contributed by atoms with van der Waals surface area (Å²) in [6.45, 7) is 1.93. The minimum absolute atomic E-state index is 0.674. The van der Waals surface area contributed by atoms with Crippen molar-refractivity contribution >= 4 is 0 Å². The molecule has 0 fully saturated rings. The second-order valence-corrected chi connectivity index (χ2v) is 3.60. The van der Waals surface area contributed by atoms with Gasteiger partial charge in [-0.1, -0.05) is 18.2 Å². The smallest absolute Gasteiger partial charge is 0.115 e. The predicted molar refractivity (Wildman–Crippen MR) is 60.7 cm³/mol.